The zero-order valence-corrected chi connectivity index (χ0v) is 38.6. The minimum atomic E-state index is -1.81. The van der Waals surface area contributed by atoms with E-state index in [9.17, 15) is 25.2 Å². The molecule has 4 rings (SSSR count). The molecular formula is C45H78N2O13. The minimum Gasteiger partial charge on any atom is -0.494 e. The molecule has 15 heteroatoms. The predicted octanol–water partition coefficient (Wildman–Crippen LogP) is 4.04. The van der Waals surface area contributed by atoms with Gasteiger partial charge in [0.15, 0.2) is 18.7 Å². The van der Waals surface area contributed by atoms with Gasteiger partial charge in [-0.3, -0.25) is 4.79 Å². The van der Waals surface area contributed by atoms with Crippen LogP contribution in [0.5, 0.6) is 11.5 Å². The van der Waals surface area contributed by atoms with E-state index in [1.807, 2.05) is 77.9 Å². The predicted molar refractivity (Wildman–Crippen MR) is 226 cm³/mol. The third-order valence-corrected chi connectivity index (χ3v) is 13.3. The van der Waals surface area contributed by atoms with Crippen LogP contribution in [0.3, 0.4) is 0 Å². The number of aliphatic hydroxyl groups excluding tert-OH is 2. The molecule has 3 aliphatic rings. The summed E-state index contributed by atoms with van der Waals surface area (Å²) in [6, 6.07) is 6.60. The number of carbonyl (C=O) groups excluding carboxylic acids is 1. The molecule has 0 saturated carbocycles. The molecule has 3 heterocycles. The highest BCUT2D eigenvalue weighted by atomic mass is 16.7. The van der Waals surface area contributed by atoms with E-state index < -0.39 is 96.0 Å². The first-order valence-corrected chi connectivity index (χ1v) is 22.0. The van der Waals surface area contributed by atoms with Crippen LogP contribution in [0.4, 0.5) is 0 Å². The van der Waals surface area contributed by atoms with Gasteiger partial charge in [-0.05, 0) is 119 Å². The average molecular weight is 855 g/mol. The topological polar surface area (TPSA) is 187 Å². The van der Waals surface area contributed by atoms with E-state index in [0.29, 0.717) is 31.1 Å². The average Bonchev–Trinajstić information content (AvgIpc) is 3.19. The second-order valence-corrected chi connectivity index (χ2v) is 18.5. The third kappa shape index (κ3) is 11.7. The van der Waals surface area contributed by atoms with Crippen molar-refractivity contribution in [3.63, 3.8) is 0 Å². The van der Waals surface area contributed by atoms with Crippen molar-refractivity contribution in [2.24, 2.45) is 17.8 Å². The van der Waals surface area contributed by atoms with E-state index in [-0.39, 0.29) is 37.3 Å². The number of aliphatic hydroxyl groups is 4. The molecule has 0 radical (unpaired) electrons. The largest absolute Gasteiger partial charge is 0.494 e. The Morgan fingerprint density at radius 3 is 2.12 bits per heavy atom. The number of carbonyl (C=O) groups is 1. The Morgan fingerprint density at radius 1 is 0.900 bits per heavy atom. The van der Waals surface area contributed by atoms with Crippen molar-refractivity contribution in [1.29, 1.82) is 0 Å². The molecule has 1 aromatic rings. The number of benzene rings is 1. The first-order chi connectivity index (χ1) is 28.0. The van der Waals surface area contributed by atoms with Gasteiger partial charge in [0.25, 0.3) is 0 Å². The van der Waals surface area contributed by atoms with Gasteiger partial charge in [0.05, 0.1) is 54.2 Å². The molecule has 3 fully saturated rings. The van der Waals surface area contributed by atoms with Gasteiger partial charge >= 0.3 is 5.97 Å². The number of methoxy groups -OCH3 is 1. The molecule has 0 aromatic heterocycles. The van der Waals surface area contributed by atoms with Crippen molar-refractivity contribution >= 4 is 5.97 Å². The van der Waals surface area contributed by atoms with Crippen LogP contribution in [0.1, 0.15) is 102 Å². The van der Waals surface area contributed by atoms with Gasteiger partial charge in [0, 0.05) is 32.0 Å². The summed E-state index contributed by atoms with van der Waals surface area (Å²) < 4.78 is 50.9. The lowest BCUT2D eigenvalue weighted by atomic mass is 9.77. The van der Waals surface area contributed by atoms with Crippen LogP contribution in [-0.4, -0.2) is 156 Å². The summed E-state index contributed by atoms with van der Waals surface area (Å²) in [5, 5.41) is 50.7. The molecule has 0 spiro atoms. The molecule has 60 heavy (non-hydrogen) atoms. The molecule has 0 aliphatic carbocycles. The van der Waals surface area contributed by atoms with Crippen LogP contribution < -0.4 is 14.8 Å². The van der Waals surface area contributed by atoms with Gasteiger partial charge in [-0.2, -0.15) is 0 Å². The molecule has 346 valence electrons. The zero-order valence-electron chi connectivity index (χ0n) is 38.6. The van der Waals surface area contributed by atoms with Crippen molar-refractivity contribution in [1.82, 2.24) is 10.2 Å². The summed E-state index contributed by atoms with van der Waals surface area (Å²) in [5.41, 5.74) is -4.41. The highest BCUT2D eigenvalue weighted by molar-refractivity contribution is 5.73. The smallest absolute Gasteiger partial charge is 0.311 e. The molecule has 5 N–H and O–H groups in total. The summed E-state index contributed by atoms with van der Waals surface area (Å²) in [7, 11) is 5.24. The fourth-order valence-electron chi connectivity index (χ4n) is 9.59. The summed E-state index contributed by atoms with van der Waals surface area (Å²) in [6.07, 6.45) is -7.69. The minimum absolute atomic E-state index is 0.132. The Labute approximate surface area is 358 Å². The number of nitrogens with one attached hydrogen (secondary N) is 1. The van der Waals surface area contributed by atoms with Crippen LogP contribution in [0.2, 0.25) is 0 Å². The normalized spacial score (nSPS) is 44.3. The molecule has 3 saturated heterocycles. The van der Waals surface area contributed by atoms with Crippen molar-refractivity contribution in [2.75, 3.05) is 34.4 Å². The first-order valence-electron chi connectivity index (χ1n) is 22.0. The van der Waals surface area contributed by atoms with Crippen LogP contribution in [0.15, 0.2) is 24.3 Å². The molecule has 15 nitrogen and oxygen atoms in total. The van der Waals surface area contributed by atoms with E-state index in [4.69, 9.17) is 37.9 Å². The lowest BCUT2D eigenvalue weighted by Crippen LogP contribution is -2.61. The molecule has 10 unspecified atom stereocenters. The van der Waals surface area contributed by atoms with Crippen LogP contribution in [-0.2, 0) is 33.2 Å². The Kier molecular flexibility index (Phi) is 17.7. The Balaban J connectivity index is 1.84. The highest BCUT2D eigenvalue weighted by Crippen LogP contribution is 2.40. The third-order valence-electron chi connectivity index (χ3n) is 13.3. The first kappa shape index (κ1) is 50.5. The summed E-state index contributed by atoms with van der Waals surface area (Å²) in [4.78, 5) is 16.4. The maximum atomic E-state index is 14.4. The quantitative estimate of drug-likeness (QED) is 0.201. The SMILES string of the molecule is CCOc1ccc(O[C@H]2[C@H](OC3C(C)C(O[C@H]4C[C@@](C)(OC)[C@@H](O)[C@H](C)O4)C(C)C(=O)OC(CC)C(C)(O)C(O)C(C)N(C)CC(C)CC3(C)O)O[C@H](C)C[C@@H]2NC)cc1. The van der Waals surface area contributed by atoms with Crippen molar-refractivity contribution in [3.05, 3.63) is 24.3 Å². The van der Waals surface area contributed by atoms with E-state index in [1.54, 1.807) is 34.6 Å². The lowest BCUT2D eigenvalue weighted by molar-refractivity contribution is -0.314. The number of likely N-dealkylation sites (N-methyl/N-ethyl adjacent to an activating group) is 2. The number of hydrogen-bond acceptors (Lipinski definition) is 15. The van der Waals surface area contributed by atoms with Crippen molar-refractivity contribution in [3.8, 4) is 11.5 Å². The number of ether oxygens (including phenoxy) is 8. The van der Waals surface area contributed by atoms with Gasteiger partial charge in [0.2, 0.25) is 0 Å². The van der Waals surface area contributed by atoms with E-state index in [1.165, 1.54) is 14.0 Å². The van der Waals surface area contributed by atoms with Gasteiger partial charge in [0.1, 0.15) is 35.4 Å². The molecule has 18 atom stereocenters. The van der Waals surface area contributed by atoms with Crippen LogP contribution in [0, 0.1) is 17.8 Å². The van der Waals surface area contributed by atoms with Crippen LogP contribution in [0.25, 0.3) is 0 Å². The van der Waals surface area contributed by atoms with Gasteiger partial charge in [-0.15, -0.1) is 0 Å². The Hall–Kier alpha value is -2.15. The fraction of sp³-hybridized carbons (Fsp3) is 0.844. The highest BCUT2D eigenvalue weighted by Gasteiger charge is 2.53. The maximum absolute atomic E-state index is 14.4. The van der Waals surface area contributed by atoms with Gasteiger partial charge in [-0.1, -0.05) is 20.8 Å². The maximum Gasteiger partial charge on any atom is 0.311 e. The van der Waals surface area contributed by atoms with Crippen molar-refractivity contribution in [2.45, 2.75) is 192 Å². The Bertz CT molecular complexity index is 1480. The number of rotatable bonds is 11. The van der Waals surface area contributed by atoms with Gasteiger partial charge < -0.3 is 68.5 Å². The summed E-state index contributed by atoms with van der Waals surface area (Å²) >= 11 is 0. The Morgan fingerprint density at radius 2 is 1.53 bits per heavy atom. The fourth-order valence-corrected chi connectivity index (χ4v) is 9.59. The van der Waals surface area contributed by atoms with E-state index >= 15 is 0 Å². The number of esters is 1. The molecule has 0 bridgehead atoms. The van der Waals surface area contributed by atoms with Crippen LogP contribution >= 0.6 is 0 Å². The van der Waals surface area contributed by atoms with E-state index in [0.717, 1.165) is 0 Å². The molecule has 1 aromatic carbocycles. The number of nitrogens with zero attached hydrogens (tertiary/aromatic N) is 1. The second kappa shape index (κ2) is 21.0. The summed E-state index contributed by atoms with van der Waals surface area (Å²) in [5.74, 6) is -1.30. The van der Waals surface area contributed by atoms with E-state index in [2.05, 4.69) is 5.32 Å². The van der Waals surface area contributed by atoms with Crippen molar-refractivity contribution < 1.29 is 63.1 Å². The number of hydrogen-bond donors (Lipinski definition) is 5. The number of cyclic esters (lactones) is 1. The molecular weight excluding hydrogens is 776 g/mol. The summed E-state index contributed by atoms with van der Waals surface area (Å²) in [6.45, 7) is 20.8. The second-order valence-electron chi connectivity index (χ2n) is 18.5. The monoisotopic (exact) mass is 855 g/mol. The standard InChI is InChI=1S/C45H78N2O13/c1-15-34-45(11,52)38(48)29(7)47(13)24-25(3)22-43(9,51)40(27(5)36(28(6)41(50)58-34)59-35-23-44(10,53-14)39(49)30(8)56-35)60-42-37(33(46-12)21-26(4)55-42)57-32-19-17-31(18-20-32)54-16-2/h17-20,25-30,33-40,42,46,48-49,51-52H,15-16,21-24H2,1-14H3/t25?,26-,27?,28?,29?,30+,33+,34?,35+,36?,37-,38?,39+,40?,42+,43?,44-,45?/m1/s1. The van der Waals surface area contributed by atoms with Gasteiger partial charge in [-0.25, -0.2) is 0 Å². The molecule has 3 aliphatic heterocycles. The zero-order chi connectivity index (χ0) is 44.9. The molecule has 0 amide bonds. The lowest BCUT2D eigenvalue weighted by Gasteiger charge is -2.48.